The number of carbonyl (C=O) groups excluding carboxylic acids is 2. The molecule has 1 amide bonds. The van der Waals surface area contributed by atoms with Crippen LogP contribution in [0.4, 0.5) is 5.69 Å². The Morgan fingerprint density at radius 3 is 2.41 bits per heavy atom. The number of furan rings is 1. The number of anilines is 1. The number of methoxy groups -OCH3 is 2. The average Bonchev–Trinajstić information content (AvgIpc) is 3.12. The lowest BCUT2D eigenvalue weighted by Gasteiger charge is -2.15. The van der Waals surface area contributed by atoms with Crippen molar-refractivity contribution in [2.24, 2.45) is 5.14 Å². The van der Waals surface area contributed by atoms with Gasteiger partial charge in [0.25, 0.3) is 15.9 Å². The number of sulfonamides is 1. The second-order valence-corrected chi connectivity index (χ2v) is 6.76. The third-order valence-electron chi connectivity index (χ3n) is 3.38. The highest BCUT2D eigenvalue weighted by Gasteiger charge is 2.24. The van der Waals surface area contributed by atoms with Crippen LogP contribution in [-0.2, 0) is 19.6 Å². The summed E-state index contributed by atoms with van der Waals surface area (Å²) in [6.07, 6.45) is -1.21. The molecule has 0 bridgehead atoms. The van der Waals surface area contributed by atoms with E-state index in [1.165, 1.54) is 27.2 Å². The maximum Gasteiger partial charge on any atom is 0.375 e. The first-order chi connectivity index (χ1) is 12.7. The molecule has 1 unspecified atom stereocenters. The molecule has 3 N–H and O–H groups in total. The van der Waals surface area contributed by atoms with Crippen LogP contribution in [0.3, 0.4) is 0 Å². The van der Waals surface area contributed by atoms with Crippen molar-refractivity contribution in [3.8, 4) is 11.5 Å². The highest BCUT2D eigenvalue weighted by atomic mass is 32.2. The number of carbonyl (C=O) groups is 2. The zero-order valence-corrected chi connectivity index (χ0v) is 15.5. The van der Waals surface area contributed by atoms with Crippen molar-refractivity contribution >= 4 is 27.6 Å². The summed E-state index contributed by atoms with van der Waals surface area (Å²) >= 11 is 0. The number of primary sulfonamides is 1. The maximum absolute atomic E-state index is 12.3. The van der Waals surface area contributed by atoms with Crippen molar-refractivity contribution in [1.29, 1.82) is 0 Å². The van der Waals surface area contributed by atoms with E-state index in [9.17, 15) is 18.0 Å². The van der Waals surface area contributed by atoms with E-state index in [0.29, 0.717) is 17.2 Å². The van der Waals surface area contributed by atoms with Gasteiger partial charge in [-0.2, -0.15) is 0 Å². The van der Waals surface area contributed by atoms with Crippen molar-refractivity contribution in [2.75, 3.05) is 19.5 Å². The summed E-state index contributed by atoms with van der Waals surface area (Å²) in [5.74, 6) is -1.20. The predicted molar refractivity (Wildman–Crippen MR) is 93.1 cm³/mol. The summed E-state index contributed by atoms with van der Waals surface area (Å²) in [6.45, 7) is 1.34. The second kappa shape index (κ2) is 8.10. The zero-order valence-electron chi connectivity index (χ0n) is 14.7. The van der Waals surface area contributed by atoms with Crippen molar-refractivity contribution in [1.82, 2.24) is 0 Å². The molecule has 1 atom stereocenters. The molecular weight excluding hydrogens is 380 g/mol. The standard InChI is InChI=1S/C16H18N2O8S/c1-9(25-16(20)13-6-7-14(26-13)27(17,21)22)15(19)18-11-8-10(23-2)4-5-12(11)24-3/h4-9H,1-3H3,(H,18,19)(H2,17,21,22). The van der Waals surface area contributed by atoms with Crippen molar-refractivity contribution in [2.45, 2.75) is 18.1 Å². The zero-order chi connectivity index (χ0) is 20.2. The quantitative estimate of drug-likeness (QED) is 0.660. The Labute approximate surface area is 155 Å². The Kier molecular flexibility index (Phi) is 6.08. The average molecular weight is 398 g/mol. The molecule has 10 nitrogen and oxygen atoms in total. The SMILES string of the molecule is COc1ccc(OC)c(NC(=O)C(C)OC(=O)c2ccc(S(N)(=O)=O)o2)c1. The van der Waals surface area contributed by atoms with Gasteiger partial charge in [-0.1, -0.05) is 0 Å². The minimum atomic E-state index is -4.09. The Bertz CT molecular complexity index is 951. The normalized spacial score (nSPS) is 12.1. The highest BCUT2D eigenvalue weighted by Crippen LogP contribution is 2.29. The summed E-state index contributed by atoms with van der Waals surface area (Å²) < 4.78 is 42.3. The smallest absolute Gasteiger partial charge is 0.375 e. The fourth-order valence-electron chi connectivity index (χ4n) is 2.00. The molecular formula is C16H18N2O8S. The van der Waals surface area contributed by atoms with E-state index >= 15 is 0 Å². The molecule has 0 aliphatic carbocycles. The van der Waals surface area contributed by atoms with E-state index < -0.39 is 38.9 Å². The van der Waals surface area contributed by atoms with Gasteiger partial charge in [0.15, 0.2) is 6.10 Å². The Hall–Kier alpha value is -3.05. The molecule has 27 heavy (non-hydrogen) atoms. The Morgan fingerprint density at radius 2 is 1.85 bits per heavy atom. The number of ether oxygens (including phenoxy) is 3. The lowest BCUT2D eigenvalue weighted by molar-refractivity contribution is -0.123. The van der Waals surface area contributed by atoms with E-state index in [1.54, 1.807) is 12.1 Å². The molecule has 2 rings (SSSR count). The monoisotopic (exact) mass is 398 g/mol. The molecule has 0 saturated heterocycles. The second-order valence-electron chi connectivity index (χ2n) is 5.27. The summed E-state index contributed by atoms with van der Waals surface area (Å²) in [6, 6.07) is 6.88. The fourth-order valence-corrected chi connectivity index (χ4v) is 2.46. The van der Waals surface area contributed by atoms with Crippen LogP contribution in [0.5, 0.6) is 11.5 Å². The van der Waals surface area contributed by atoms with Crippen LogP contribution < -0.4 is 19.9 Å². The first-order valence-electron chi connectivity index (χ1n) is 7.52. The Morgan fingerprint density at radius 1 is 1.15 bits per heavy atom. The number of hydrogen-bond acceptors (Lipinski definition) is 8. The van der Waals surface area contributed by atoms with E-state index in [1.807, 2.05) is 0 Å². The van der Waals surface area contributed by atoms with Crippen LogP contribution in [0.1, 0.15) is 17.5 Å². The molecule has 11 heteroatoms. The predicted octanol–water partition coefficient (Wildman–Crippen LogP) is 1.13. The lowest BCUT2D eigenvalue weighted by atomic mass is 10.2. The summed E-state index contributed by atoms with van der Waals surface area (Å²) in [4.78, 5) is 24.3. The van der Waals surface area contributed by atoms with Gasteiger partial charge in [-0.05, 0) is 31.2 Å². The van der Waals surface area contributed by atoms with Gasteiger partial charge >= 0.3 is 5.97 Å². The molecule has 0 aliphatic rings. The largest absolute Gasteiger partial charge is 0.497 e. The van der Waals surface area contributed by atoms with Gasteiger partial charge in [0, 0.05) is 6.07 Å². The van der Waals surface area contributed by atoms with Gasteiger partial charge in [-0.3, -0.25) is 4.79 Å². The minimum Gasteiger partial charge on any atom is -0.497 e. The third-order valence-corrected chi connectivity index (χ3v) is 4.16. The number of hydrogen-bond donors (Lipinski definition) is 2. The van der Waals surface area contributed by atoms with Gasteiger partial charge in [0.05, 0.1) is 19.9 Å². The molecule has 1 aromatic heterocycles. The van der Waals surface area contributed by atoms with Crippen LogP contribution in [-0.4, -0.2) is 40.6 Å². The van der Waals surface area contributed by atoms with Crippen molar-refractivity contribution in [3.05, 3.63) is 36.1 Å². The molecule has 0 spiro atoms. The number of nitrogens with two attached hydrogens (primary N) is 1. The molecule has 0 radical (unpaired) electrons. The van der Waals surface area contributed by atoms with Crippen LogP contribution >= 0.6 is 0 Å². The van der Waals surface area contributed by atoms with Crippen molar-refractivity contribution in [3.63, 3.8) is 0 Å². The third kappa shape index (κ3) is 4.99. The van der Waals surface area contributed by atoms with Crippen molar-refractivity contribution < 1.29 is 36.6 Å². The van der Waals surface area contributed by atoms with E-state index in [4.69, 9.17) is 23.8 Å². The molecule has 1 heterocycles. The molecule has 1 aromatic carbocycles. The van der Waals surface area contributed by atoms with Gasteiger partial charge in [0.1, 0.15) is 11.5 Å². The molecule has 146 valence electrons. The number of amides is 1. The lowest BCUT2D eigenvalue weighted by Crippen LogP contribution is -2.30. The topological polar surface area (TPSA) is 147 Å². The molecule has 2 aromatic rings. The summed E-state index contributed by atoms with van der Waals surface area (Å²) in [5.41, 5.74) is 0.319. The first-order valence-corrected chi connectivity index (χ1v) is 9.07. The van der Waals surface area contributed by atoms with Crippen LogP contribution in [0.15, 0.2) is 39.8 Å². The van der Waals surface area contributed by atoms with Gasteiger partial charge in [0.2, 0.25) is 10.9 Å². The number of benzene rings is 1. The molecule has 0 fully saturated rings. The van der Waals surface area contributed by atoms with E-state index in [-0.39, 0.29) is 0 Å². The van der Waals surface area contributed by atoms with Gasteiger partial charge in [-0.25, -0.2) is 18.4 Å². The van der Waals surface area contributed by atoms with Crippen LogP contribution in [0.25, 0.3) is 0 Å². The summed E-state index contributed by atoms with van der Waals surface area (Å²) in [7, 11) is -1.19. The number of esters is 1. The van der Waals surface area contributed by atoms with E-state index in [2.05, 4.69) is 5.32 Å². The summed E-state index contributed by atoms with van der Waals surface area (Å²) in [5, 5.41) is 6.86. The number of nitrogens with one attached hydrogen (secondary N) is 1. The van der Waals surface area contributed by atoms with Crippen LogP contribution in [0.2, 0.25) is 0 Å². The van der Waals surface area contributed by atoms with Crippen LogP contribution in [0, 0.1) is 0 Å². The van der Waals surface area contributed by atoms with Gasteiger partial charge in [-0.15, -0.1) is 0 Å². The fraction of sp³-hybridized carbons (Fsp3) is 0.250. The highest BCUT2D eigenvalue weighted by molar-refractivity contribution is 7.89. The minimum absolute atomic E-state index is 0.319. The van der Waals surface area contributed by atoms with E-state index in [0.717, 1.165) is 12.1 Å². The Balaban J connectivity index is 2.07. The first kappa shape index (κ1) is 20.3. The molecule has 0 saturated carbocycles. The molecule has 0 aliphatic heterocycles. The number of rotatable bonds is 7. The van der Waals surface area contributed by atoms with Gasteiger partial charge < -0.3 is 23.9 Å². The maximum atomic E-state index is 12.3.